The van der Waals surface area contributed by atoms with Gasteiger partial charge in [-0.15, -0.1) is 0 Å². The molecule has 2 aromatic rings. The molecule has 0 aliphatic carbocycles. The maximum absolute atomic E-state index is 5.77. The third-order valence-electron chi connectivity index (χ3n) is 4.14. The van der Waals surface area contributed by atoms with Gasteiger partial charge in [0.1, 0.15) is 6.23 Å². The van der Waals surface area contributed by atoms with Crippen LogP contribution in [0.15, 0.2) is 24.7 Å². The van der Waals surface area contributed by atoms with Crippen molar-refractivity contribution in [2.75, 3.05) is 13.2 Å². The first-order chi connectivity index (χ1) is 10.4. The van der Waals surface area contributed by atoms with E-state index >= 15 is 0 Å². The molecule has 0 N–H and O–H groups in total. The Morgan fingerprint density at radius 3 is 3.00 bits per heavy atom. The molecule has 0 bridgehead atoms. The van der Waals surface area contributed by atoms with Gasteiger partial charge in [0, 0.05) is 35.7 Å². The normalized spacial score (nSPS) is 21.6. The molecular weight excluding hydrogens is 266 g/mol. The van der Waals surface area contributed by atoms with Crippen LogP contribution in [0.2, 0.25) is 0 Å². The van der Waals surface area contributed by atoms with Gasteiger partial charge in [-0.25, -0.2) is 9.67 Å². The fraction of sp³-hybridized carbons (Fsp3) is 0.500. The van der Waals surface area contributed by atoms with E-state index in [9.17, 15) is 0 Å². The zero-order valence-electron chi connectivity index (χ0n) is 12.0. The molecule has 0 aromatic carbocycles. The van der Waals surface area contributed by atoms with E-state index in [2.05, 4.69) is 22.3 Å². The summed E-state index contributed by atoms with van der Waals surface area (Å²) in [6.45, 7) is 1.61. The maximum Gasteiger partial charge on any atom is 0.216 e. The van der Waals surface area contributed by atoms with E-state index in [1.54, 1.807) is 0 Å². The SMILES string of the molecule is c1nc2c(cc1-c1cnn(C3CCCCO3)c1)CCCO2. The van der Waals surface area contributed by atoms with Gasteiger partial charge in [-0.05, 0) is 38.2 Å². The maximum atomic E-state index is 5.77. The van der Waals surface area contributed by atoms with E-state index < -0.39 is 0 Å². The molecule has 4 rings (SSSR count). The Balaban J connectivity index is 1.60. The van der Waals surface area contributed by atoms with Crippen molar-refractivity contribution >= 4 is 0 Å². The highest BCUT2D eigenvalue weighted by molar-refractivity contribution is 5.62. The molecule has 1 atom stereocenters. The van der Waals surface area contributed by atoms with Crippen LogP contribution in [0, 0.1) is 0 Å². The Morgan fingerprint density at radius 2 is 2.10 bits per heavy atom. The number of pyridine rings is 1. The predicted octanol–water partition coefficient (Wildman–Crippen LogP) is 2.97. The minimum atomic E-state index is 0.0846. The quantitative estimate of drug-likeness (QED) is 0.851. The molecule has 2 aromatic heterocycles. The molecule has 0 amide bonds. The van der Waals surface area contributed by atoms with Gasteiger partial charge in [0.2, 0.25) is 5.88 Å². The lowest BCUT2D eigenvalue weighted by Crippen LogP contribution is -2.18. The number of fused-ring (bicyclic) bond motifs is 1. The van der Waals surface area contributed by atoms with E-state index in [1.807, 2.05) is 17.1 Å². The van der Waals surface area contributed by atoms with Crippen LogP contribution in [-0.2, 0) is 11.2 Å². The summed E-state index contributed by atoms with van der Waals surface area (Å²) in [6, 6.07) is 2.17. The van der Waals surface area contributed by atoms with Crippen LogP contribution in [0.25, 0.3) is 11.1 Å². The van der Waals surface area contributed by atoms with Gasteiger partial charge in [-0.2, -0.15) is 5.10 Å². The lowest BCUT2D eigenvalue weighted by molar-refractivity contribution is -0.0394. The van der Waals surface area contributed by atoms with Crippen LogP contribution in [0.1, 0.15) is 37.5 Å². The van der Waals surface area contributed by atoms with Crippen LogP contribution < -0.4 is 4.74 Å². The van der Waals surface area contributed by atoms with Gasteiger partial charge in [0.25, 0.3) is 0 Å². The van der Waals surface area contributed by atoms with Crippen molar-refractivity contribution in [3.63, 3.8) is 0 Å². The Morgan fingerprint density at radius 1 is 1.10 bits per heavy atom. The van der Waals surface area contributed by atoms with Gasteiger partial charge in [0.05, 0.1) is 12.8 Å². The molecular formula is C16H19N3O2. The summed E-state index contributed by atoms with van der Waals surface area (Å²) in [5, 5.41) is 4.46. The number of aryl methyl sites for hydroxylation is 1. The van der Waals surface area contributed by atoms with E-state index in [0.717, 1.165) is 55.9 Å². The largest absolute Gasteiger partial charge is 0.477 e. The van der Waals surface area contributed by atoms with Crippen molar-refractivity contribution in [2.45, 2.75) is 38.3 Å². The number of nitrogens with zero attached hydrogens (tertiary/aromatic N) is 3. The zero-order chi connectivity index (χ0) is 14.1. The van der Waals surface area contributed by atoms with Crippen LogP contribution in [0.5, 0.6) is 5.88 Å². The lowest BCUT2D eigenvalue weighted by Gasteiger charge is -2.22. The number of rotatable bonds is 2. The van der Waals surface area contributed by atoms with Crippen molar-refractivity contribution in [3.8, 4) is 17.0 Å². The van der Waals surface area contributed by atoms with Gasteiger partial charge >= 0.3 is 0 Å². The van der Waals surface area contributed by atoms with Crippen LogP contribution in [0.3, 0.4) is 0 Å². The first-order valence-electron chi connectivity index (χ1n) is 7.68. The highest BCUT2D eigenvalue weighted by Crippen LogP contribution is 2.29. The fourth-order valence-electron chi connectivity index (χ4n) is 2.97. The zero-order valence-corrected chi connectivity index (χ0v) is 12.0. The molecule has 5 heteroatoms. The Labute approximate surface area is 123 Å². The van der Waals surface area contributed by atoms with Crippen molar-refractivity contribution < 1.29 is 9.47 Å². The second-order valence-corrected chi connectivity index (χ2v) is 5.67. The standard InChI is InChI=1S/C16H19N3O2/c1-2-6-20-15(5-1)19-11-14(10-18-19)13-8-12-4-3-7-21-16(12)17-9-13/h8-11,15H,1-7H2. The number of hydrogen-bond donors (Lipinski definition) is 0. The summed E-state index contributed by atoms with van der Waals surface area (Å²) in [7, 11) is 0. The summed E-state index contributed by atoms with van der Waals surface area (Å²) < 4.78 is 13.3. The van der Waals surface area contributed by atoms with E-state index in [1.165, 1.54) is 12.0 Å². The van der Waals surface area contributed by atoms with Crippen molar-refractivity contribution in [1.82, 2.24) is 14.8 Å². The Bertz CT molecular complexity index is 632. The first-order valence-corrected chi connectivity index (χ1v) is 7.68. The molecule has 2 aliphatic rings. The molecule has 0 radical (unpaired) electrons. The van der Waals surface area contributed by atoms with Gasteiger partial charge in [-0.1, -0.05) is 0 Å². The summed E-state index contributed by atoms with van der Waals surface area (Å²) in [5.41, 5.74) is 3.38. The average Bonchev–Trinajstić information content (AvgIpc) is 3.05. The summed E-state index contributed by atoms with van der Waals surface area (Å²) >= 11 is 0. The molecule has 0 spiro atoms. The third-order valence-corrected chi connectivity index (χ3v) is 4.14. The minimum absolute atomic E-state index is 0.0846. The van der Waals surface area contributed by atoms with E-state index in [-0.39, 0.29) is 6.23 Å². The molecule has 1 fully saturated rings. The Kier molecular flexibility index (Phi) is 3.35. The van der Waals surface area contributed by atoms with Crippen LogP contribution >= 0.6 is 0 Å². The summed E-state index contributed by atoms with van der Waals surface area (Å²) in [4.78, 5) is 4.43. The second kappa shape index (κ2) is 5.48. The first kappa shape index (κ1) is 12.8. The third kappa shape index (κ3) is 2.53. The highest BCUT2D eigenvalue weighted by atomic mass is 16.5. The number of ether oxygens (including phenoxy) is 2. The number of hydrogen-bond acceptors (Lipinski definition) is 4. The van der Waals surface area contributed by atoms with E-state index in [0.29, 0.717) is 0 Å². The molecule has 1 unspecified atom stereocenters. The van der Waals surface area contributed by atoms with Crippen molar-refractivity contribution in [2.24, 2.45) is 0 Å². The molecule has 21 heavy (non-hydrogen) atoms. The molecule has 1 saturated heterocycles. The fourth-order valence-corrected chi connectivity index (χ4v) is 2.97. The monoisotopic (exact) mass is 285 g/mol. The van der Waals surface area contributed by atoms with Gasteiger partial charge < -0.3 is 9.47 Å². The summed E-state index contributed by atoms with van der Waals surface area (Å²) in [5.74, 6) is 0.785. The highest BCUT2D eigenvalue weighted by Gasteiger charge is 2.18. The van der Waals surface area contributed by atoms with Crippen LogP contribution in [-0.4, -0.2) is 28.0 Å². The van der Waals surface area contributed by atoms with Crippen molar-refractivity contribution in [3.05, 3.63) is 30.2 Å². The Hall–Kier alpha value is -1.88. The lowest BCUT2D eigenvalue weighted by atomic mass is 10.1. The molecule has 2 aliphatic heterocycles. The van der Waals surface area contributed by atoms with E-state index in [4.69, 9.17) is 9.47 Å². The van der Waals surface area contributed by atoms with Gasteiger partial charge in [-0.3, -0.25) is 0 Å². The second-order valence-electron chi connectivity index (χ2n) is 5.67. The van der Waals surface area contributed by atoms with Gasteiger partial charge in [0.15, 0.2) is 0 Å². The smallest absolute Gasteiger partial charge is 0.216 e. The molecule has 4 heterocycles. The van der Waals surface area contributed by atoms with Crippen molar-refractivity contribution in [1.29, 1.82) is 0 Å². The average molecular weight is 285 g/mol. The predicted molar refractivity (Wildman–Crippen MR) is 78.1 cm³/mol. The topological polar surface area (TPSA) is 49.2 Å². The summed E-state index contributed by atoms with van der Waals surface area (Å²) in [6.07, 6.45) is 11.4. The van der Waals surface area contributed by atoms with Crippen LogP contribution in [0.4, 0.5) is 0 Å². The molecule has 5 nitrogen and oxygen atoms in total. The molecule has 0 saturated carbocycles. The number of aromatic nitrogens is 3. The molecule has 110 valence electrons. The minimum Gasteiger partial charge on any atom is -0.477 e.